The average molecular weight is 586 g/mol. The van der Waals surface area contributed by atoms with Crippen LogP contribution in [0.15, 0.2) is 66.9 Å². The van der Waals surface area contributed by atoms with E-state index >= 15 is 0 Å². The molecule has 0 unspecified atom stereocenters. The molecule has 5 rings (SSSR count). The number of methoxy groups -OCH3 is 1. The zero-order chi connectivity index (χ0) is 29.1. The van der Waals surface area contributed by atoms with Crippen molar-refractivity contribution in [1.29, 1.82) is 0 Å². The molecule has 42 heavy (non-hydrogen) atoms. The minimum Gasteiger partial charge on any atom is -0.546 e. The van der Waals surface area contributed by atoms with Gasteiger partial charge in [0.25, 0.3) is 0 Å². The van der Waals surface area contributed by atoms with Crippen LogP contribution in [0.1, 0.15) is 12.8 Å². The van der Waals surface area contributed by atoms with Gasteiger partial charge in [-0.15, -0.1) is 0 Å². The van der Waals surface area contributed by atoms with Crippen molar-refractivity contribution in [3.8, 4) is 23.0 Å². The minimum atomic E-state index is -1.39. The first kappa shape index (κ1) is 30.7. The number of nitrogens with one attached hydrogen (secondary N) is 2. The SMILES string of the molecule is COc1cc2c(Oc3cccc(NC(=O)C4(C(=O)Nc5ccc(F)cc5)CC4)c3Cl)ccnc2cc1OCC(=O)[O-].[Li+]. The summed E-state index contributed by atoms with van der Waals surface area (Å²) in [4.78, 5) is 41.2. The number of hydrogen-bond donors (Lipinski definition) is 2. The molecule has 0 saturated heterocycles. The predicted molar refractivity (Wildman–Crippen MR) is 146 cm³/mol. The van der Waals surface area contributed by atoms with Crippen LogP contribution in [0.3, 0.4) is 0 Å². The van der Waals surface area contributed by atoms with Gasteiger partial charge in [0.2, 0.25) is 11.8 Å². The van der Waals surface area contributed by atoms with Gasteiger partial charge in [-0.05, 0) is 61.4 Å². The smallest absolute Gasteiger partial charge is 0.546 e. The number of pyridine rings is 1. The molecule has 0 bridgehead atoms. The van der Waals surface area contributed by atoms with Crippen LogP contribution in [-0.4, -0.2) is 36.5 Å². The maximum Gasteiger partial charge on any atom is 1.00 e. The second-order valence-corrected chi connectivity index (χ2v) is 9.58. The molecule has 1 saturated carbocycles. The molecule has 2 N–H and O–H groups in total. The maximum absolute atomic E-state index is 13.2. The monoisotopic (exact) mass is 585 g/mol. The molecule has 0 atom stereocenters. The number of anilines is 2. The second kappa shape index (κ2) is 12.7. The summed E-state index contributed by atoms with van der Waals surface area (Å²) in [7, 11) is 1.40. The van der Waals surface area contributed by atoms with Gasteiger partial charge in [-0.1, -0.05) is 17.7 Å². The third-order valence-electron chi connectivity index (χ3n) is 6.49. The molecule has 10 nitrogen and oxygen atoms in total. The van der Waals surface area contributed by atoms with Gasteiger partial charge in [0.1, 0.15) is 34.4 Å². The van der Waals surface area contributed by atoms with Crippen LogP contribution < -0.4 is 48.8 Å². The number of carboxylic acids is 1. The van der Waals surface area contributed by atoms with E-state index in [0.717, 1.165) is 0 Å². The number of carboxylic acid groups (broad SMARTS) is 1. The van der Waals surface area contributed by atoms with E-state index in [1.165, 1.54) is 43.6 Å². The summed E-state index contributed by atoms with van der Waals surface area (Å²) >= 11 is 6.61. The molecule has 1 aromatic heterocycles. The van der Waals surface area contributed by atoms with Crippen molar-refractivity contribution in [2.24, 2.45) is 5.41 Å². The number of carbonyl (C=O) groups is 3. The summed E-state index contributed by atoms with van der Waals surface area (Å²) in [5.41, 5.74) is -0.227. The Morgan fingerprint density at radius 2 is 1.69 bits per heavy atom. The molecule has 13 heteroatoms. The number of hydrogen-bond acceptors (Lipinski definition) is 8. The Morgan fingerprint density at radius 1 is 0.976 bits per heavy atom. The summed E-state index contributed by atoms with van der Waals surface area (Å²) in [6, 6.07) is 14.8. The van der Waals surface area contributed by atoms with Gasteiger partial charge in [0.05, 0.1) is 24.3 Å². The van der Waals surface area contributed by atoms with Gasteiger partial charge in [0.15, 0.2) is 11.5 Å². The largest absolute Gasteiger partial charge is 1.00 e. The molecule has 1 aliphatic carbocycles. The van der Waals surface area contributed by atoms with Gasteiger partial charge >= 0.3 is 18.9 Å². The van der Waals surface area contributed by atoms with Gasteiger partial charge < -0.3 is 34.7 Å². The maximum atomic E-state index is 13.2. The van der Waals surface area contributed by atoms with Crippen LogP contribution >= 0.6 is 11.6 Å². The molecule has 1 aliphatic rings. The third-order valence-corrected chi connectivity index (χ3v) is 6.88. The number of carbonyl (C=O) groups excluding carboxylic acids is 3. The third kappa shape index (κ3) is 6.44. The summed E-state index contributed by atoms with van der Waals surface area (Å²) in [6.45, 7) is -0.665. The molecule has 1 heterocycles. The van der Waals surface area contributed by atoms with Crippen molar-refractivity contribution in [2.75, 3.05) is 24.4 Å². The molecular formula is C29H22ClFLiN3O7. The predicted octanol–water partition coefficient (Wildman–Crippen LogP) is 1.32. The van der Waals surface area contributed by atoms with E-state index in [9.17, 15) is 23.9 Å². The van der Waals surface area contributed by atoms with Crippen LogP contribution in [0.5, 0.6) is 23.0 Å². The van der Waals surface area contributed by atoms with E-state index in [4.69, 9.17) is 25.8 Å². The van der Waals surface area contributed by atoms with E-state index in [1.807, 2.05) is 0 Å². The molecule has 1 fully saturated rings. The number of amides is 2. The van der Waals surface area contributed by atoms with E-state index in [1.54, 1.807) is 30.3 Å². The standard InChI is InChI=1S/C29H23ClFN3O7.Li/c1-39-23-13-18-20(14-24(23)40-15-25(35)36)32-12-9-21(18)41-22-4-2-3-19(26(22)30)34-28(38)29(10-11-29)27(37)33-17-7-5-16(31)6-8-17;/h2-9,12-14H,10-11,15H2,1H3,(H,33,37)(H,34,38)(H,35,36);/q;+1/p-1. The Labute approximate surface area is 256 Å². The minimum absolute atomic E-state index is 0. The van der Waals surface area contributed by atoms with Crippen LogP contribution in [-0.2, 0) is 14.4 Å². The first-order valence-corrected chi connectivity index (χ1v) is 12.7. The molecule has 0 aliphatic heterocycles. The van der Waals surface area contributed by atoms with Crippen LogP contribution in [0.25, 0.3) is 10.9 Å². The Morgan fingerprint density at radius 3 is 2.36 bits per heavy atom. The van der Waals surface area contributed by atoms with E-state index in [2.05, 4.69) is 15.6 Å². The fraction of sp³-hybridized carbons (Fsp3) is 0.172. The molecule has 4 aromatic rings. The zero-order valence-electron chi connectivity index (χ0n) is 22.5. The van der Waals surface area contributed by atoms with Gasteiger partial charge in [-0.2, -0.15) is 0 Å². The molecule has 0 spiro atoms. The number of ether oxygens (including phenoxy) is 3. The molecule has 2 amide bonds. The molecule has 0 radical (unpaired) electrons. The summed E-state index contributed by atoms with van der Waals surface area (Å²) in [5.74, 6) is -1.88. The van der Waals surface area contributed by atoms with Crippen molar-refractivity contribution in [2.45, 2.75) is 12.8 Å². The number of rotatable bonds is 10. The van der Waals surface area contributed by atoms with Crippen molar-refractivity contribution in [3.05, 3.63) is 77.7 Å². The van der Waals surface area contributed by atoms with Gasteiger partial charge in [-0.3, -0.25) is 14.6 Å². The van der Waals surface area contributed by atoms with E-state index in [0.29, 0.717) is 35.2 Å². The van der Waals surface area contributed by atoms with E-state index < -0.39 is 35.6 Å². The first-order chi connectivity index (χ1) is 19.7. The number of aliphatic carboxylic acids is 1. The Balaban J connectivity index is 0.00000405. The van der Waals surface area contributed by atoms with Gasteiger partial charge in [-0.25, -0.2) is 4.39 Å². The molecule has 210 valence electrons. The van der Waals surface area contributed by atoms with Crippen molar-refractivity contribution in [1.82, 2.24) is 4.98 Å². The Bertz CT molecular complexity index is 1670. The Hall–Kier alpha value is -4.30. The quantitative estimate of drug-likeness (QED) is 0.210. The second-order valence-electron chi connectivity index (χ2n) is 9.21. The number of fused-ring (bicyclic) bond motifs is 1. The molecule has 3 aromatic carbocycles. The number of nitrogens with zero attached hydrogens (tertiary/aromatic N) is 1. The Kier molecular flexibility index (Phi) is 9.26. The molecular weight excluding hydrogens is 564 g/mol. The zero-order valence-corrected chi connectivity index (χ0v) is 23.3. The van der Waals surface area contributed by atoms with Crippen LogP contribution in [0.2, 0.25) is 5.02 Å². The van der Waals surface area contributed by atoms with Gasteiger partial charge in [0, 0.05) is 23.3 Å². The number of aromatic nitrogens is 1. The fourth-order valence-electron chi connectivity index (χ4n) is 4.14. The van der Waals surface area contributed by atoms with Crippen molar-refractivity contribution < 1.29 is 57.0 Å². The van der Waals surface area contributed by atoms with Crippen LogP contribution in [0, 0.1) is 11.2 Å². The summed E-state index contributed by atoms with van der Waals surface area (Å²) in [5, 5.41) is 16.8. The summed E-state index contributed by atoms with van der Waals surface area (Å²) in [6.07, 6.45) is 2.18. The van der Waals surface area contributed by atoms with Crippen LogP contribution in [0.4, 0.5) is 15.8 Å². The normalized spacial score (nSPS) is 12.9. The summed E-state index contributed by atoms with van der Waals surface area (Å²) < 4.78 is 29.9. The average Bonchev–Trinajstić information content (AvgIpc) is 3.77. The van der Waals surface area contributed by atoms with Crippen molar-refractivity contribution >= 4 is 51.7 Å². The topological polar surface area (TPSA) is 139 Å². The first-order valence-electron chi connectivity index (χ1n) is 12.3. The number of benzene rings is 3. The fourth-order valence-corrected chi connectivity index (χ4v) is 4.35. The van der Waals surface area contributed by atoms with Crippen molar-refractivity contribution in [3.63, 3.8) is 0 Å². The number of halogens is 2. The van der Waals surface area contributed by atoms with E-state index in [-0.39, 0.29) is 46.8 Å².